The Balaban J connectivity index is 2.03. The summed E-state index contributed by atoms with van der Waals surface area (Å²) in [5.74, 6) is 1.20. The minimum absolute atomic E-state index is 0.369. The first-order chi connectivity index (χ1) is 10.1. The van der Waals surface area contributed by atoms with Gasteiger partial charge in [-0.3, -0.25) is 0 Å². The van der Waals surface area contributed by atoms with Gasteiger partial charge in [-0.1, -0.05) is 5.16 Å². The van der Waals surface area contributed by atoms with Crippen molar-refractivity contribution < 1.29 is 9.26 Å². The van der Waals surface area contributed by atoms with Crippen LogP contribution in [-0.4, -0.2) is 27.2 Å². The Morgan fingerprint density at radius 1 is 1.29 bits per heavy atom. The molecule has 0 radical (unpaired) electrons. The van der Waals surface area contributed by atoms with E-state index < -0.39 is 0 Å². The van der Waals surface area contributed by atoms with E-state index in [0.29, 0.717) is 28.3 Å². The van der Waals surface area contributed by atoms with Gasteiger partial charge in [0.1, 0.15) is 12.0 Å². The summed E-state index contributed by atoms with van der Waals surface area (Å²) in [6.07, 6.45) is 1.39. The number of hydrogen-bond acceptors (Lipinski definition) is 8. The molecule has 0 aliphatic heterocycles. The van der Waals surface area contributed by atoms with Crippen LogP contribution in [0.4, 0.5) is 5.00 Å². The molecular formula is C13H13N5O2S. The zero-order valence-corrected chi connectivity index (χ0v) is 12.6. The number of nitrogens with zero attached hydrogens (tertiary/aromatic N) is 4. The summed E-state index contributed by atoms with van der Waals surface area (Å²) in [6.45, 7) is 3.99. The molecule has 3 aromatic heterocycles. The topological polar surface area (TPSA) is 100.0 Å². The van der Waals surface area contributed by atoms with E-state index >= 15 is 0 Å². The lowest BCUT2D eigenvalue weighted by Crippen LogP contribution is -1.92. The number of aromatic nitrogens is 4. The minimum atomic E-state index is 0.369. The third-order valence-electron chi connectivity index (χ3n) is 3.13. The fourth-order valence-electron chi connectivity index (χ4n) is 1.92. The summed E-state index contributed by atoms with van der Waals surface area (Å²) in [6, 6.07) is 1.64. The molecule has 2 N–H and O–H groups in total. The zero-order chi connectivity index (χ0) is 15.0. The Hall–Kier alpha value is -2.48. The maximum absolute atomic E-state index is 6.01. The molecule has 0 aliphatic rings. The third kappa shape index (κ3) is 2.33. The number of nitrogens with two attached hydrogens (primary N) is 1. The predicted molar refractivity (Wildman–Crippen MR) is 79.1 cm³/mol. The molecule has 7 nitrogen and oxygen atoms in total. The van der Waals surface area contributed by atoms with E-state index in [1.807, 2.05) is 13.8 Å². The number of hydrogen-bond donors (Lipinski definition) is 1. The lowest BCUT2D eigenvalue weighted by molar-refractivity contribution is 0.397. The quantitative estimate of drug-likeness (QED) is 0.793. The van der Waals surface area contributed by atoms with Gasteiger partial charge >= 0.3 is 0 Å². The molecule has 3 heterocycles. The standard InChI is InChI=1S/C13H13N5O2S/c1-6-7(2)21-11(14)10(6)13-17-12(18-20-13)8-4-9(19-3)16-5-15-8/h4-5H,14H2,1-3H3. The lowest BCUT2D eigenvalue weighted by atomic mass is 10.1. The van der Waals surface area contributed by atoms with Crippen molar-refractivity contribution in [1.29, 1.82) is 0 Å². The van der Waals surface area contributed by atoms with E-state index in [1.54, 1.807) is 6.07 Å². The van der Waals surface area contributed by atoms with Crippen molar-refractivity contribution in [3.05, 3.63) is 22.8 Å². The highest BCUT2D eigenvalue weighted by Crippen LogP contribution is 2.37. The van der Waals surface area contributed by atoms with Crippen molar-refractivity contribution in [2.45, 2.75) is 13.8 Å². The van der Waals surface area contributed by atoms with Crippen molar-refractivity contribution in [2.24, 2.45) is 0 Å². The fourth-order valence-corrected chi connectivity index (χ4v) is 2.85. The van der Waals surface area contributed by atoms with E-state index in [2.05, 4.69) is 20.1 Å². The van der Waals surface area contributed by atoms with Crippen LogP contribution in [0.5, 0.6) is 5.88 Å². The molecule has 0 atom stereocenters. The fraction of sp³-hybridized carbons (Fsp3) is 0.231. The Labute approximate surface area is 124 Å². The Morgan fingerprint density at radius 2 is 2.10 bits per heavy atom. The maximum atomic E-state index is 6.01. The second-order valence-electron chi connectivity index (χ2n) is 4.39. The number of anilines is 1. The summed E-state index contributed by atoms with van der Waals surface area (Å²) in [7, 11) is 1.53. The maximum Gasteiger partial charge on any atom is 0.261 e. The van der Waals surface area contributed by atoms with Crippen LogP contribution < -0.4 is 10.5 Å². The Bertz CT molecular complexity index is 796. The lowest BCUT2D eigenvalue weighted by Gasteiger charge is -1.98. The van der Waals surface area contributed by atoms with Gasteiger partial charge in [0.2, 0.25) is 11.7 Å². The number of thiophene rings is 1. The van der Waals surface area contributed by atoms with E-state index in [-0.39, 0.29) is 0 Å². The summed E-state index contributed by atoms with van der Waals surface area (Å²) >= 11 is 1.51. The van der Waals surface area contributed by atoms with Crippen molar-refractivity contribution in [3.8, 4) is 28.9 Å². The molecule has 0 spiro atoms. The largest absolute Gasteiger partial charge is 0.481 e. The first-order valence-electron chi connectivity index (χ1n) is 6.16. The number of nitrogen functional groups attached to an aromatic ring is 1. The van der Waals surface area contributed by atoms with Gasteiger partial charge in [0.25, 0.3) is 5.89 Å². The first-order valence-corrected chi connectivity index (χ1v) is 6.97. The number of methoxy groups -OCH3 is 1. The summed E-state index contributed by atoms with van der Waals surface area (Å²) in [5.41, 5.74) is 8.38. The van der Waals surface area contributed by atoms with Gasteiger partial charge in [0.15, 0.2) is 0 Å². The van der Waals surface area contributed by atoms with E-state index in [9.17, 15) is 0 Å². The van der Waals surface area contributed by atoms with E-state index in [4.69, 9.17) is 15.0 Å². The molecule has 0 saturated carbocycles. The van der Waals surface area contributed by atoms with Gasteiger partial charge in [0, 0.05) is 10.9 Å². The van der Waals surface area contributed by atoms with Gasteiger partial charge in [-0.15, -0.1) is 11.3 Å². The summed E-state index contributed by atoms with van der Waals surface area (Å²) < 4.78 is 10.4. The molecule has 3 rings (SSSR count). The normalized spacial score (nSPS) is 10.8. The Kier molecular flexibility index (Phi) is 3.30. The van der Waals surface area contributed by atoms with Crippen molar-refractivity contribution in [2.75, 3.05) is 12.8 Å². The summed E-state index contributed by atoms with van der Waals surface area (Å²) in [4.78, 5) is 13.5. The first kappa shape index (κ1) is 13.5. The monoisotopic (exact) mass is 303 g/mol. The highest BCUT2D eigenvalue weighted by Gasteiger charge is 2.19. The molecule has 0 aliphatic carbocycles. The molecule has 0 saturated heterocycles. The van der Waals surface area contributed by atoms with Crippen LogP contribution >= 0.6 is 11.3 Å². The van der Waals surface area contributed by atoms with Crippen LogP contribution in [0.2, 0.25) is 0 Å². The van der Waals surface area contributed by atoms with Gasteiger partial charge < -0.3 is 15.0 Å². The van der Waals surface area contributed by atoms with Gasteiger partial charge in [-0.25, -0.2) is 9.97 Å². The zero-order valence-electron chi connectivity index (χ0n) is 11.7. The molecule has 0 bridgehead atoms. The van der Waals surface area contributed by atoms with Gasteiger partial charge in [-0.05, 0) is 19.4 Å². The average molecular weight is 303 g/mol. The van der Waals surface area contributed by atoms with Crippen LogP contribution in [0.15, 0.2) is 16.9 Å². The molecule has 0 amide bonds. The van der Waals surface area contributed by atoms with E-state index in [0.717, 1.165) is 16.0 Å². The van der Waals surface area contributed by atoms with Crippen molar-refractivity contribution in [1.82, 2.24) is 20.1 Å². The second-order valence-corrected chi connectivity index (χ2v) is 5.65. The highest BCUT2D eigenvalue weighted by atomic mass is 32.1. The molecule has 0 aromatic carbocycles. The molecule has 0 fully saturated rings. The average Bonchev–Trinajstić information content (AvgIpc) is 3.05. The molecule has 0 unspecified atom stereocenters. The molecule has 8 heteroatoms. The van der Waals surface area contributed by atoms with Crippen molar-refractivity contribution in [3.63, 3.8) is 0 Å². The second kappa shape index (κ2) is 5.13. The summed E-state index contributed by atoms with van der Waals surface area (Å²) in [5, 5.41) is 4.61. The molecule has 3 aromatic rings. The van der Waals surface area contributed by atoms with Crippen LogP contribution in [0.3, 0.4) is 0 Å². The number of rotatable bonds is 3. The smallest absolute Gasteiger partial charge is 0.261 e. The number of ether oxygens (including phenoxy) is 1. The predicted octanol–water partition coefficient (Wildman–Crippen LogP) is 2.46. The van der Waals surface area contributed by atoms with E-state index in [1.165, 1.54) is 24.8 Å². The molecule has 21 heavy (non-hydrogen) atoms. The van der Waals surface area contributed by atoms with Crippen LogP contribution in [-0.2, 0) is 0 Å². The third-order valence-corrected chi connectivity index (χ3v) is 4.17. The highest BCUT2D eigenvalue weighted by molar-refractivity contribution is 7.16. The molecule has 108 valence electrons. The van der Waals surface area contributed by atoms with Crippen LogP contribution in [0.25, 0.3) is 23.0 Å². The van der Waals surface area contributed by atoms with Crippen molar-refractivity contribution >= 4 is 16.3 Å². The minimum Gasteiger partial charge on any atom is -0.481 e. The number of aryl methyl sites for hydroxylation is 1. The SMILES string of the molecule is COc1cc(-c2noc(-c3c(N)sc(C)c3C)n2)ncn1. The van der Waals surface area contributed by atoms with Crippen LogP contribution in [0, 0.1) is 13.8 Å². The van der Waals surface area contributed by atoms with Crippen LogP contribution in [0.1, 0.15) is 10.4 Å². The van der Waals surface area contributed by atoms with Gasteiger partial charge in [0.05, 0.1) is 17.7 Å². The molecular weight excluding hydrogens is 290 g/mol. The Morgan fingerprint density at radius 3 is 2.76 bits per heavy atom. The van der Waals surface area contributed by atoms with Gasteiger partial charge in [-0.2, -0.15) is 4.98 Å².